The molecule has 1 unspecified atom stereocenters. The zero-order chi connectivity index (χ0) is 20.1. The Kier molecular flexibility index (Phi) is 6.42. The summed E-state index contributed by atoms with van der Waals surface area (Å²) in [5.74, 6) is 0.500. The minimum Gasteiger partial charge on any atom is -0.393 e. The summed E-state index contributed by atoms with van der Waals surface area (Å²) >= 11 is 0. The van der Waals surface area contributed by atoms with E-state index in [0.717, 1.165) is 24.3 Å². The van der Waals surface area contributed by atoms with Gasteiger partial charge in [-0.25, -0.2) is 4.98 Å². The van der Waals surface area contributed by atoms with Gasteiger partial charge in [0.25, 0.3) is 0 Å². The molecule has 2 saturated heterocycles. The Morgan fingerprint density at radius 2 is 1.72 bits per heavy atom. The summed E-state index contributed by atoms with van der Waals surface area (Å²) < 4.78 is 0. The maximum Gasteiger partial charge on any atom is 0.247 e. The molecule has 154 valence electrons. The number of rotatable bonds is 5. The number of likely N-dealkylation sites (tertiary alicyclic amines) is 1. The largest absolute Gasteiger partial charge is 0.393 e. The van der Waals surface area contributed by atoms with Crippen LogP contribution in [0.3, 0.4) is 0 Å². The van der Waals surface area contributed by atoms with Gasteiger partial charge in [-0.3, -0.25) is 9.69 Å². The highest BCUT2D eigenvalue weighted by molar-refractivity contribution is 5.94. The van der Waals surface area contributed by atoms with Crippen molar-refractivity contribution >= 4 is 17.4 Å². The number of pyridine rings is 1. The van der Waals surface area contributed by atoms with E-state index in [1.54, 1.807) is 0 Å². The van der Waals surface area contributed by atoms with Crippen LogP contribution in [0.15, 0.2) is 48.7 Å². The van der Waals surface area contributed by atoms with E-state index < -0.39 is 0 Å². The Hall–Kier alpha value is -2.44. The molecule has 6 nitrogen and oxygen atoms in total. The predicted octanol–water partition coefficient (Wildman–Crippen LogP) is 3.21. The minimum atomic E-state index is -0.382. The maximum absolute atomic E-state index is 13.2. The van der Waals surface area contributed by atoms with Crippen molar-refractivity contribution in [1.29, 1.82) is 0 Å². The standard InChI is InChI=1S/C23H30N4O2/c28-20-11-15-27(16-12-20)22(18-7-3-1-4-8-18)23(29)25-21-10-9-19(17-24-21)26-13-5-2-6-14-26/h1,3-4,7-10,17,20,22,28H,2,5-6,11-16H2,(H,24,25,29). The van der Waals surface area contributed by atoms with E-state index >= 15 is 0 Å². The van der Waals surface area contributed by atoms with Crippen molar-refractivity contribution in [1.82, 2.24) is 9.88 Å². The van der Waals surface area contributed by atoms with Gasteiger partial charge < -0.3 is 15.3 Å². The number of aliphatic hydroxyl groups is 1. The predicted molar refractivity (Wildman–Crippen MR) is 115 cm³/mol. The van der Waals surface area contributed by atoms with Gasteiger partial charge in [-0.05, 0) is 49.8 Å². The van der Waals surface area contributed by atoms with Crippen molar-refractivity contribution in [2.75, 3.05) is 36.4 Å². The molecule has 6 heteroatoms. The number of hydrogen-bond donors (Lipinski definition) is 2. The number of nitrogens with one attached hydrogen (secondary N) is 1. The lowest BCUT2D eigenvalue weighted by Crippen LogP contribution is -2.43. The number of piperidine rings is 2. The molecular weight excluding hydrogens is 364 g/mol. The van der Waals surface area contributed by atoms with Gasteiger partial charge in [-0.2, -0.15) is 0 Å². The third kappa shape index (κ3) is 4.95. The summed E-state index contributed by atoms with van der Waals surface area (Å²) in [6.45, 7) is 3.56. The van der Waals surface area contributed by atoms with Crippen molar-refractivity contribution in [2.45, 2.75) is 44.2 Å². The number of anilines is 2. The number of carbonyl (C=O) groups excluding carboxylic acids is 1. The Morgan fingerprint density at radius 3 is 2.38 bits per heavy atom. The minimum absolute atomic E-state index is 0.0780. The van der Waals surface area contributed by atoms with E-state index in [-0.39, 0.29) is 18.1 Å². The second kappa shape index (κ2) is 9.37. The fourth-order valence-electron chi connectivity index (χ4n) is 4.30. The second-order valence-electron chi connectivity index (χ2n) is 8.02. The van der Waals surface area contributed by atoms with Gasteiger partial charge in [0, 0.05) is 26.2 Å². The van der Waals surface area contributed by atoms with Gasteiger partial charge in [0.05, 0.1) is 18.0 Å². The van der Waals surface area contributed by atoms with Gasteiger partial charge in [0.2, 0.25) is 5.91 Å². The summed E-state index contributed by atoms with van der Waals surface area (Å²) in [4.78, 5) is 22.2. The van der Waals surface area contributed by atoms with Crippen molar-refractivity contribution in [3.63, 3.8) is 0 Å². The van der Waals surface area contributed by atoms with Gasteiger partial charge in [0.15, 0.2) is 0 Å². The highest BCUT2D eigenvalue weighted by Gasteiger charge is 2.30. The van der Waals surface area contributed by atoms with Crippen molar-refractivity contribution < 1.29 is 9.90 Å². The smallest absolute Gasteiger partial charge is 0.247 e. The third-order valence-corrected chi connectivity index (χ3v) is 5.95. The lowest BCUT2D eigenvalue weighted by atomic mass is 10.00. The first kappa shape index (κ1) is 19.9. The highest BCUT2D eigenvalue weighted by atomic mass is 16.3. The zero-order valence-corrected chi connectivity index (χ0v) is 16.8. The number of nitrogens with zero attached hydrogens (tertiary/aromatic N) is 3. The molecule has 3 heterocycles. The molecule has 29 heavy (non-hydrogen) atoms. The highest BCUT2D eigenvalue weighted by Crippen LogP contribution is 2.27. The monoisotopic (exact) mass is 394 g/mol. The van der Waals surface area contributed by atoms with E-state index in [9.17, 15) is 9.90 Å². The molecule has 2 fully saturated rings. The topological polar surface area (TPSA) is 68.7 Å². The fraction of sp³-hybridized carbons (Fsp3) is 0.478. The molecular formula is C23H30N4O2. The molecule has 1 amide bonds. The number of hydrogen-bond acceptors (Lipinski definition) is 5. The lowest BCUT2D eigenvalue weighted by Gasteiger charge is -2.35. The Labute approximate surface area is 172 Å². The first-order chi connectivity index (χ1) is 14.2. The molecule has 1 aromatic carbocycles. The van der Waals surface area contributed by atoms with Crippen LogP contribution in [0.2, 0.25) is 0 Å². The van der Waals surface area contributed by atoms with Crippen LogP contribution >= 0.6 is 0 Å². The van der Waals surface area contributed by atoms with Gasteiger partial charge in [-0.1, -0.05) is 30.3 Å². The van der Waals surface area contributed by atoms with Crippen LogP contribution in [-0.4, -0.2) is 53.2 Å². The molecule has 0 saturated carbocycles. The number of amides is 1. The van der Waals surface area contributed by atoms with Crippen LogP contribution in [0, 0.1) is 0 Å². The second-order valence-corrected chi connectivity index (χ2v) is 8.02. The average Bonchev–Trinajstić information content (AvgIpc) is 2.77. The molecule has 2 N–H and O–H groups in total. The molecule has 4 rings (SSSR count). The Bertz CT molecular complexity index is 782. The van der Waals surface area contributed by atoms with Gasteiger partial charge in [-0.15, -0.1) is 0 Å². The maximum atomic E-state index is 13.2. The summed E-state index contributed by atoms with van der Waals surface area (Å²) in [5, 5.41) is 12.9. The number of carbonyl (C=O) groups is 1. The molecule has 0 radical (unpaired) electrons. The summed E-state index contributed by atoms with van der Waals surface area (Å²) in [6, 6.07) is 13.4. The molecule has 2 aliphatic heterocycles. The molecule has 0 bridgehead atoms. The quantitative estimate of drug-likeness (QED) is 0.815. The fourth-order valence-corrected chi connectivity index (χ4v) is 4.30. The van der Waals surface area contributed by atoms with Crippen LogP contribution in [0.5, 0.6) is 0 Å². The van der Waals surface area contributed by atoms with Crippen molar-refractivity contribution in [3.8, 4) is 0 Å². The summed E-state index contributed by atoms with van der Waals surface area (Å²) in [5.41, 5.74) is 2.08. The number of aliphatic hydroxyl groups excluding tert-OH is 1. The van der Waals surface area contributed by atoms with E-state index in [4.69, 9.17) is 0 Å². The van der Waals surface area contributed by atoms with Crippen LogP contribution in [0.4, 0.5) is 11.5 Å². The lowest BCUT2D eigenvalue weighted by molar-refractivity contribution is -0.122. The third-order valence-electron chi connectivity index (χ3n) is 5.95. The normalized spacial score (nSPS) is 19.7. The van der Waals surface area contributed by atoms with Crippen LogP contribution < -0.4 is 10.2 Å². The summed E-state index contributed by atoms with van der Waals surface area (Å²) in [7, 11) is 0. The SMILES string of the molecule is O=C(Nc1ccc(N2CCCCC2)cn1)C(c1ccccc1)N1CCC(O)CC1. The van der Waals surface area contributed by atoms with Gasteiger partial charge >= 0.3 is 0 Å². The molecule has 1 aromatic heterocycles. The molecule has 2 aromatic rings. The van der Waals surface area contributed by atoms with E-state index in [1.165, 1.54) is 19.3 Å². The van der Waals surface area contributed by atoms with E-state index in [1.807, 2.05) is 48.7 Å². The van der Waals surface area contributed by atoms with Crippen LogP contribution in [-0.2, 0) is 4.79 Å². The molecule has 0 spiro atoms. The van der Waals surface area contributed by atoms with E-state index in [2.05, 4.69) is 20.1 Å². The zero-order valence-electron chi connectivity index (χ0n) is 16.8. The molecule has 1 atom stereocenters. The van der Waals surface area contributed by atoms with Crippen molar-refractivity contribution in [2.24, 2.45) is 0 Å². The molecule has 0 aliphatic carbocycles. The van der Waals surface area contributed by atoms with Gasteiger partial charge in [0.1, 0.15) is 11.9 Å². The molecule has 2 aliphatic rings. The Balaban J connectivity index is 1.47. The number of benzene rings is 1. The van der Waals surface area contributed by atoms with Crippen LogP contribution in [0.1, 0.15) is 43.7 Å². The number of aromatic nitrogens is 1. The first-order valence-corrected chi connectivity index (χ1v) is 10.7. The van der Waals surface area contributed by atoms with E-state index in [0.29, 0.717) is 31.7 Å². The Morgan fingerprint density at radius 1 is 1.00 bits per heavy atom. The average molecular weight is 395 g/mol. The van der Waals surface area contributed by atoms with Crippen LogP contribution in [0.25, 0.3) is 0 Å². The van der Waals surface area contributed by atoms with Crippen molar-refractivity contribution in [3.05, 3.63) is 54.2 Å². The summed E-state index contributed by atoms with van der Waals surface area (Å²) in [6.07, 6.45) is 6.72. The first-order valence-electron chi connectivity index (χ1n) is 10.7.